The normalized spacial score (nSPS) is 12.1. The van der Waals surface area contributed by atoms with Crippen molar-refractivity contribution >= 4 is 33.0 Å². The van der Waals surface area contributed by atoms with Crippen LogP contribution in [0.25, 0.3) is 0 Å². The lowest BCUT2D eigenvalue weighted by molar-refractivity contribution is 0.265. The highest BCUT2D eigenvalue weighted by molar-refractivity contribution is 7.90. The van der Waals surface area contributed by atoms with Crippen LogP contribution in [0.4, 0.5) is 0 Å². The zero-order valence-corrected chi connectivity index (χ0v) is 21.4. The van der Waals surface area contributed by atoms with Gasteiger partial charge in [-0.05, 0) is 41.8 Å². The topological polar surface area (TPSA) is 78.6 Å². The Morgan fingerprint density at radius 1 is 1.03 bits per heavy atom. The van der Waals surface area contributed by atoms with Crippen LogP contribution in [-0.4, -0.2) is 26.3 Å². The largest absolute Gasteiger partial charge is 0.490 e. The number of unbranched alkanes of at least 4 members (excludes halogenated alkanes) is 1. The Labute approximate surface area is 204 Å². The maximum atomic E-state index is 11.7. The van der Waals surface area contributed by atoms with Crippen LogP contribution >= 0.6 is 23.2 Å². The van der Waals surface area contributed by atoms with Crippen molar-refractivity contribution in [2.24, 2.45) is 0 Å². The van der Waals surface area contributed by atoms with Crippen molar-refractivity contribution in [1.29, 1.82) is 0 Å². The molecule has 0 aliphatic rings. The standard InChI is InChI=1S/C24H27Cl2NO5S/c1-5-6-11-30-22-19(25)12-17(13-20(22)26)24(2,3)16-7-9-18(10-8-16)31-14-21-23(27-15-32-21)33(4,28)29/h7-10,12-13,15H,5-6,11,14H2,1-4H3. The first-order chi connectivity index (χ1) is 15.5. The molecule has 3 aromatic rings. The first-order valence-corrected chi connectivity index (χ1v) is 13.2. The number of oxazole rings is 1. The monoisotopic (exact) mass is 511 g/mol. The van der Waals surface area contributed by atoms with Gasteiger partial charge in [0, 0.05) is 11.7 Å². The number of nitrogens with zero attached hydrogens (tertiary/aromatic N) is 1. The summed E-state index contributed by atoms with van der Waals surface area (Å²) in [4.78, 5) is 3.76. The number of benzene rings is 2. The third kappa shape index (κ3) is 6.02. The van der Waals surface area contributed by atoms with Gasteiger partial charge in [-0.1, -0.05) is 62.5 Å². The van der Waals surface area contributed by atoms with Crippen LogP contribution in [-0.2, 0) is 21.9 Å². The van der Waals surface area contributed by atoms with Gasteiger partial charge in [0.2, 0.25) is 0 Å². The van der Waals surface area contributed by atoms with Crippen molar-refractivity contribution in [3.05, 3.63) is 69.7 Å². The summed E-state index contributed by atoms with van der Waals surface area (Å²) in [7, 11) is -3.48. The van der Waals surface area contributed by atoms with E-state index in [1.54, 1.807) is 0 Å². The number of halogens is 2. The quantitative estimate of drug-likeness (QED) is 0.290. The highest BCUT2D eigenvalue weighted by Crippen LogP contribution is 2.40. The summed E-state index contributed by atoms with van der Waals surface area (Å²) in [6, 6.07) is 11.3. The molecular weight excluding hydrogens is 485 g/mol. The number of rotatable bonds is 10. The molecule has 33 heavy (non-hydrogen) atoms. The van der Waals surface area contributed by atoms with Crippen molar-refractivity contribution in [3.63, 3.8) is 0 Å². The van der Waals surface area contributed by atoms with Gasteiger partial charge in [0.1, 0.15) is 12.4 Å². The predicted molar refractivity (Wildman–Crippen MR) is 129 cm³/mol. The first kappa shape index (κ1) is 25.4. The zero-order chi connectivity index (χ0) is 24.2. The maximum absolute atomic E-state index is 11.7. The molecule has 0 saturated carbocycles. The van der Waals surface area contributed by atoms with E-state index in [4.69, 9.17) is 37.1 Å². The third-order valence-corrected chi connectivity index (χ3v) is 6.96. The summed E-state index contributed by atoms with van der Waals surface area (Å²) in [6.45, 7) is 6.77. The lowest BCUT2D eigenvalue weighted by atomic mass is 9.78. The molecule has 0 saturated heterocycles. The van der Waals surface area contributed by atoms with Gasteiger partial charge in [-0.15, -0.1) is 0 Å². The van der Waals surface area contributed by atoms with E-state index in [1.165, 1.54) is 0 Å². The molecule has 9 heteroatoms. The SMILES string of the molecule is CCCCOc1c(Cl)cc(C(C)(C)c2ccc(OCc3ocnc3S(C)(=O)=O)cc2)cc1Cl. The zero-order valence-electron chi connectivity index (χ0n) is 19.0. The van der Waals surface area contributed by atoms with E-state index in [-0.39, 0.29) is 22.8 Å². The molecule has 0 radical (unpaired) electrons. The van der Waals surface area contributed by atoms with E-state index in [0.29, 0.717) is 28.2 Å². The molecule has 1 aromatic heterocycles. The van der Waals surface area contributed by atoms with Gasteiger partial charge >= 0.3 is 0 Å². The molecule has 0 unspecified atom stereocenters. The van der Waals surface area contributed by atoms with E-state index < -0.39 is 9.84 Å². The van der Waals surface area contributed by atoms with Gasteiger partial charge in [0.05, 0.1) is 16.7 Å². The van der Waals surface area contributed by atoms with E-state index in [9.17, 15) is 8.42 Å². The second kappa shape index (κ2) is 10.4. The fraction of sp³-hybridized carbons (Fsp3) is 0.375. The van der Waals surface area contributed by atoms with Gasteiger partial charge in [0.15, 0.2) is 32.8 Å². The summed E-state index contributed by atoms with van der Waals surface area (Å²) in [5.41, 5.74) is 1.59. The van der Waals surface area contributed by atoms with Gasteiger partial charge in [-0.3, -0.25) is 0 Å². The van der Waals surface area contributed by atoms with Gasteiger partial charge in [-0.2, -0.15) is 0 Å². The summed E-state index contributed by atoms with van der Waals surface area (Å²) in [5.74, 6) is 1.24. The fourth-order valence-corrected chi connectivity index (χ4v) is 4.67. The molecule has 0 atom stereocenters. The van der Waals surface area contributed by atoms with Crippen LogP contribution in [0.1, 0.15) is 50.5 Å². The predicted octanol–water partition coefficient (Wildman–Crippen LogP) is 6.47. The van der Waals surface area contributed by atoms with Gasteiger partial charge in [0.25, 0.3) is 0 Å². The minimum atomic E-state index is -3.48. The summed E-state index contributed by atoms with van der Waals surface area (Å²) < 4.78 is 40.1. The van der Waals surface area contributed by atoms with E-state index in [1.807, 2.05) is 36.4 Å². The third-order valence-electron chi connectivity index (χ3n) is 5.36. The number of hydrogen-bond acceptors (Lipinski definition) is 6. The Hall–Kier alpha value is -2.22. The molecule has 178 valence electrons. The molecule has 0 spiro atoms. The molecule has 3 rings (SSSR count). The Morgan fingerprint density at radius 3 is 2.24 bits per heavy atom. The van der Waals surface area contributed by atoms with Crippen molar-refractivity contribution in [3.8, 4) is 11.5 Å². The van der Waals surface area contributed by atoms with Crippen LogP contribution in [0.15, 0.2) is 52.2 Å². The van der Waals surface area contributed by atoms with E-state index in [2.05, 4.69) is 25.8 Å². The highest BCUT2D eigenvalue weighted by Gasteiger charge is 2.26. The average molecular weight is 512 g/mol. The molecule has 2 aromatic carbocycles. The van der Waals surface area contributed by atoms with E-state index in [0.717, 1.165) is 36.6 Å². The number of aromatic nitrogens is 1. The minimum absolute atomic E-state index is 0.0458. The van der Waals surface area contributed by atoms with Crippen LogP contribution in [0.2, 0.25) is 10.0 Å². The fourth-order valence-electron chi connectivity index (χ4n) is 3.32. The lowest BCUT2D eigenvalue weighted by Gasteiger charge is -2.27. The highest BCUT2D eigenvalue weighted by atomic mass is 35.5. The van der Waals surface area contributed by atoms with Crippen molar-refractivity contribution in [1.82, 2.24) is 4.98 Å². The molecule has 0 aliphatic carbocycles. The molecule has 0 amide bonds. The van der Waals surface area contributed by atoms with Crippen LogP contribution in [0, 0.1) is 0 Å². The van der Waals surface area contributed by atoms with Crippen LogP contribution < -0.4 is 9.47 Å². The second-order valence-electron chi connectivity index (χ2n) is 8.26. The molecular formula is C24H27Cl2NO5S. The summed E-state index contributed by atoms with van der Waals surface area (Å²) >= 11 is 13.0. The molecule has 0 aliphatic heterocycles. The van der Waals surface area contributed by atoms with Crippen molar-refractivity contribution < 1.29 is 22.3 Å². The number of sulfone groups is 1. The van der Waals surface area contributed by atoms with Crippen LogP contribution in [0.3, 0.4) is 0 Å². The first-order valence-electron chi connectivity index (χ1n) is 10.5. The number of hydrogen-bond donors (Lipinski definition) is 0. The Balaban J connectivity index is 1.75. The lowest BCUT2D eigenvalue weighted by Crippen LogP contribution is -2.19. The second-order valence-corrected chi connectivity index (χ2v) is 11.0. The smallest absolute Gasteiger partial charge is 0.200 e. The number of ether oxygens (including phenoxy) is 2. The summed E-state index contributed by atoms with van der Waals surface area (Å²) in [5, 5.41) is 0.849. The molecule has 0 fully saturated rings. The minimum Gasteiger partial charge on any atom is -0.490 e. The molecule has 1 heterocycles. The van der Waals surface area contributed by atoms with Crippen LogP contribution in [0.5, 0.6) is 11.5 Å². The average Bonchev–Trinajstić information content (AvgIpc) is 3.24. The Morgan fingerprint density at radius 2 is 1.67 bits per heavy atom. The molecule has 6 nitrogen and oxygen atoms in total. The van der Waals surface area contributed by atoms with Crippen molar-refractivity contribution in [2.45, 2.75) is 50.7 Å². The van der Waals surface area contributed by atoms with E-state index >= 15 is 0 Å². The van der Waals surface area contributed by atoms with Gasteiger partial charge < -0.3 is 13.9 Å². The Bertz CT molecular complexity index is 1180. The van der Waals surface area contributed by atoms with Crippen molar-refractivity contribution in [2.75, 3.05) is 12.9 Å². The Kier molecular flexibility index (Phi) is 7.98. The molecule has 0 N–H and O–H groups in total. The van der Waals surface area contributed by atoms with Gasteiger partial charge in [-0.25, -0.2) is 13.4 Å². The maximum Gasteiger partial charge on any atom is 0.200 e. The molecule has 0 bridgehead atoms. The summed E-state index contributed by atoms with van der Waals surface area (Å²) in [6.07, 6.45) is 4.13.